The molecule has 1 saturated carbocycles. The predicted molar refractivity (Wildman–Crippen MR) is 108 cm³/mol. The zero-order valence-corrected chi connectivity index (χ0v) is 17.2. The smallest absolute Gasteiger partial charge is 0.331 e. The Kier molecular flexibility index (Phi) is 8.36. The molecule has 0 saturated heterocycles. The van der Waals surface area contributed by atoms with E-state index in [4.69, 9.17) is 14.2 Å². The van der Waals surface area contributed by atoms with E-state index in [1.807, 2.05) is 19.9 Å². The van der Waals surface area contributed by atoms with Crippen molar-refractivity contribution < 1.29 is 23.8 Å². The molecule has 28 heavy (non-hydrogen) atoms. The van der Waals surface area contributed by atoms with Crippen molar-refractivity contribution in [2.75, 3.05) is 13.7 Å². The van der Waals surface area contributed by atoms with E-state index in [-0.39, 0.29) is 24.7 Å². The molecular weight excluding hydrogens is 358 g/mol. The van der Waals surface area contributed by atoms with Gasteiger partial charge < -0.3 is 19.5 Å². The molecule has 1 aliphatic rings. The van der Waals surface area contributed by atoms with Crippen LogP contribution in [0.5, 0.6) is 11.5 Å². The highest BCUT2D eigenvalue weighted by Gasteiger charge is 2.20. The molecule has 1 fully saturated rings. The van der Waals surface area contributed by atoms with E-state index in [1.165, 1.54) is 6.08 Å². The van der Waals surface area contributed by atoms with Crippen LogP contribution in [0.1, 0.15) is 52.0 Å². The Hall–Kier alpha value is -2.50. The molecular formula is C22H31NO5. The summed E-state index contributed by atoms with van der Waals surface area (Å²) < 4.78 is 16.0. The number of hydrogen-bond acceptors (Lipinski definition) is 5. The Morgan fingerprint density at radius 3 is 2.54 bits per heavy atom. The lowest BCUT2D eigenvalue weighted by Gasteiger charge is -2.26. The second kappa shape index (κ2) is 10.7. The number of carbonyl (C=O) groups excluding carboxylic acids is 2. The molecule has 0 radical (unpaired) electrons. The summed E-state index contributed by atoms with van der Waals surface area (Å²) >= 11 is 0. The number of benzene rings is 1. The van der Waals surface area contributed by atoms with Crippen LogP contribution in [0.4, 0.5) is 0 Å². The molecule has 0 aliphatic heterocycles. The van der Waals surface area contributed by atoms with Crippen LogP contribution >= 0.6 is 0 Å². The molecule has 1 aromatic rings. The summed E-state index contributed by atoms with van der Waals surface area (Å²) in [5, 5.41) is 2.93. The average Bonchev–Trinajstić information content (AvgIpc) is 2.67. The summed E-state index contributed by atoms with van der Waals surface area (Å²) in [4.78, 5) is 23.8. The molecule has 6 heteroatoms. The topological polar surface area (TPSA) is 73.9 Å². The number of carbonyl (C=O) groups is 2. The molecule has 6 nitrogen and oxygen atoms in total. The number of amides is 1. The monoisotopic (exact) mass is 389 g/mol. The molecule has 0 bridgehead atoms. The number of hydrogen-bond donors (Lipinski definition) is 1. The molecule has 2 rings (SSSR count). The van der Waals surface area contributed by atoms with Gasteiger partial charge in [-0.3, -0.25) is 4.79 Å². The summed E-state index contributed by atoms with van der Waals surface area (Å²) in [6.07, 6.45) is 7.17. The third-order valence-corrected chi connectivity index (χ3v) is 4.69. The molecule has 0 aromatic heterocycles. The first-order valence-electron chi connectivity index (χ1n) is 9.86. The van der Waals surface area contributed by atoms with Crippen molar-refractivity contribution in [2.24, 2.45) is 5.92 Å². The third-order valence-electron chi connectivity index (χ3n) is 4.69. The fourth-order valence-corrected chi connectivity index (χ4v) is 3.16. The third kappa shape index (κ3) is 7.25. The molecule has 0 heterocycles. The second-order valence-corrected chi connectivity index (χ2v) is 7.54. The lowest BCUT2D eigenvalue weighted by molar-refractivity contribution is -0.144. The van der Waals surface area contributed by atoms with Crippen molar-refractivity contribution in [1.29, 1.82) is 0 Å². The van der Waals surface area contributed by atoms with Crippen LogP contribution in [0.3, 0.4) is 0 Å². The molecule has 0 spiro atoms. The van der Waals surface area contributed by atoms with Crippen molar-refractivity contribution in [1.82, 2.24) is 5.32 Å². The Bertz CT molecular complexity index is 690. The van der Waals surface area contributed by atoms with Gasteiger partial charge in [-0.15, -0.1) is 0 Å². The van der Waals surface area contributed by atoms with E-state index in [0.29, 0.717) is 11.5 Å². The van der Waals surface area contributed by atoms with Crippen molar-refractivity contribution in [3.63, 3.8) is 0 Å². The zero-order valence-electron chi connectivity index (χ0n) is 17.2. The van der Waals surface area contributed by atoms with Gasteiger partial charge in [0.05, 0.1) is 13.2 Å². The fraction of sp³-hybridized carbons (Fsp3) is 0.545. The normalized spacial score (nSPS) is 19.5. The highest BCUT2D eigenvalue weighted by molar-refractivity contribution is 5.89. The van der Waals surface area contributed by atoms with Crippen LogP contribution in [0.25, 0.3) is 6.08 Å². The SMILES string of the molecule is COc1cc(/C=C/C(=O)OCC(=O)NC2CCC(C)CC2)ccc1OC(C)C. The number of ether oxygens (including phenoxy) is 3. The maximum Gasteiger partial charge on any atom is 0.331 e. The molecule has 1 aromatic carbocycles. The van der Waals surface area contributed by atoms with Gasteiger partial charge in [-0.05, 0) is 69.2 Å². The van der Waals surface area contributed by atoms with Crippen LogP contribution in [0, 0.1) is 5.92 Å². The first-order chi connectivity index (χ1) is 13.4. The van der Waals surface area contributed by atoms with Gasteiger partial charge in [0.1, 0.15) is 0 Å². The minimum Gasteiger partial charge on any atom is -0.493 e. The Morgan fingerprint density at radius 1 is 1.18 bits per heavy atom. The molecule has 1 aliphatic carbocycles. The minimum absolute atomic E-state index is 0.0356. The highest BCUT2D eigenvalue weighted by Crippen LogP contribution is 2.29. The standard InChI is InChI=1S/C22H31NO5/c1-15(2)28-19-11-7-17(13-20(19)26-4)8-12-22(25)27-14-21(24)23-18-9-5-16(3)6-10-18/h7-8,11-13,15-16,18H,5-6,9-10,14H2,1-4H3,(H,23,24)/b12-8+. The molecule has 0 unspecified atom stereocenters. The number of nitrogens with one attached hydrogen (secondary N) is 1. The van der Waals surface area contributed by atoms with Gasteiger partial charge in [0.25, 0.3) is 5.91 Å². The molecule has 0 atom stereocenters. The van der Waals surface area contributed by atoms with E-state index < -0.39 is 5.97 Å². The Balaban J connectivity index is 1.80. The van der Waals surface area contributed by atoms with Crippen molar-refractivity contribution in [3.8, 4) is 11.5 Å². The summed E-state index contributed by atoms with van der Waals surface area (Å²) in [5.74, 6) is 1.14. The van der Waals surface area contributed by atoms with Crippen LogP contribution in [-0.2, 0) is 14.3 Å². The molecule has 154 valence electrons. The van der Waals surface area contributed by atoms with Crippen LogP contribution in [-0.4, -0.2) is 37.7 Å². The van der Waals surface area contributed by atoms with Gasteiger partial charge in [-0.2, -0.15) is 0 Å². The largest absolute Gasteiger partial charge is 0.493 e. The quantitative estimate of drug-likeness (QED) is 0.542. The average molecular weight is 389 g/mol. The fourth-order valence-electron chi connectivity index (χ4n) is 3.16. The van der Waals surface area contributed by atoms with Gasteiger partial charge in [0, 0.05) is 12.1 Å². The van der Waals surface area contributed by atoms with Crippen molar-refractivity contribution in [3.05, 3.63) is 29.8 Å². The second-order valence-electron chi connectivity index (χ2n) is 7.54. The molecule has 1 amide bonds. The van der Waals surface area contributed by atoms with E-state index in [9.17, 15) is 9.59 Å². The Morgan fingerprint density at radius 2 is 1.89 bits per heavy atom. The maximum atomic E-state index is 11.9. The van der Waals surface area contributed by atoms with E-state index >= 15 is 0 Å². The van der Waals surface area contributed by atoms with Crippen LogP contribution in [0.2, 0.25) is 0 Å². The van der Waals surface area contributed by atoms with Crippen LogP contribution in [0.15, 0.2) is 24.3 Å². The summed E-state index contributed by atoms with van der Waals surface area (Å²) in [7, 11) is 1.57. The first kappa shape index (κ1) is 21.8. The van der Waals surface area contributed by atoms with Gasteiger partial charge in [-0.25, -0.2) is 4.79 Å². The zero-order chi connectivity index (χ0) is 20.5. The van der Waals surface area contributed by atoms with Crippen molar-refractivity contribution >= 4 is 18.0 Å². The number of esters is 1. The molecule has 1 N–H and O–H groups in total. The number of rotatable bonds is 8. The highest BCUT2D eigenvalue weighted by atomic mass is 16.5. The van der Waals surface area contributed by atoms with Gasteiger partial charge in [0.15, 0.2) is 18.1 Å². The minimum atomic E-state index is -0.561. The lowest BCUT2D eigenvalue weighted by atomic mass is 9.87. The van der Waals surface area contributed by atoms with Gasteiger partial charge in [0.2, 0.25) is 0 Å². The summed E-state index contributed by atoms with van der Waals surface area (Å²) in [6, 6.07) is 5.58. The summed E-state index contributed by atoms with van der Waals surface area (Å²) in [6.45, 7) is 5.84. The number of methoxy groups -OCH3 is 1. The first-order valence-corrected chi connectivity index (χ1v) is 9.86. The van der Waals surface area contributed by atoms with E-state index in [2.05, 4.69) is 12.2 Å². The maximum absolute atomic E-state index is 11.9. The van der Waals surface area contributed by atoms with E-state index in [0.717, 1.165) is 37.2 Å². The van der Waals surface area contributed by atoms with Crippen LogP contribution < -0.4 is 14.8 Å². The van der Waals surface area contributed by atoms with E-state index in [1.54, 1.807) is 25.3 Å². The van der Waals surface area contributed by atoms with Gasteiger partial charge in [-0.1, -0.05) is 13.0 Å². The summed E-state index contributed by atoms with van der Waals surface area (Å²) in [5.41, 5.74) is 0.769. The van der Waals surface area contributed by atoms with Gasteiger partial charge >= 0.3 is 5.97 Å². The van der Waals surface area contributed by atoms with Crippen molar-refractivity contribution in [2.45, 2.75) is 58.6 Å². The predicted octanol–water partition coefficient (Wildman–Crippen LogP) is 3.73. The Labute approximate surface area is 167 Å². The lowest BCUT2D eigenvalue weighted by Crippen LogP contribution is -2.39.